The van der Waals surface area contributed by atoms with E-state index in [-0.39, 0.29) is 54.8 Å². The van der Waals surface area contributed by atoms with Crippen LogP contribution in [0.1, 0.15) is 53.1 Å². The average Bonchev–Trinajstić information content (AvgIpc) is 3.14. The number of piperidine rings is 2. The molecule has 11 heteroatoms. The molecule has 1 N–H and O–H groups in total. The summed E-state index contributed by atoms with van der Waals surface area (Å²) in [7, 11) is -3.67. The Balaban J connectivity index is 1.31. The smallest absolute Gasteiger partial charge is 0.255 e. The highest BCUT2D eigenvalue weighted by atomic mass is 35.5. The van der Waals surface area contributed by atoms with E-state index in [4.69, 9.17) is 11.6 Å². The minimum atomic E-state index is -3.67. The van der Waals surface area contributed by atoms with Gasteiger partial charge in [-0.1, -0.05) is 17.7 Å². The summed E-state index contributed by atoms with van der Waals surface area (Å²) in [6, 6.07) is 8.11. The number of sulfonamides is 1. The molecule has 3 aliphatic heterocycles. The Kier molecular flexibility index (Phi) is 6.14. The van der Waals surface area contributed by atoms with Gasteiger partial charge in [0.05, 0.1) is 4.90 Å². The summed E-state index contributed by atoms with van der Waals surface area (Å²) in [4.78, 5) is 38.1. The maximum Gasteiger partial charge on any atom is 0.255 e. The molecule has 184 valence electrons. The Morgan fingerprint density at radius 3 is 2.34 bits per heavy atom. The first-order valence-electron chi connectivity index (χ1n) is 11.4. The molecule has 2 aromatic carbocycles. The molecular formula is C24H23ClFN3O5S. The van der Waals surface area contributed by atoms with Crippen LogP contribution in [0.4, 0.5) is 4.39 Å². The molecule has 0 saturated carbocycles. The van der Waals surface area contributed by atoms with E-state index in [2.05, 4.69) is 5.32 Å². The van der Waals surface area contributed by atoms with E-state index < -0.39 is 33.7 Å². The molecule has 3 aliphatic rings. The number of rotatable bonds is 4. The fourth-order valence-electron chi connectivity index (χ4n) is 5.08. The van der Waals surface area contributed by atoms with E-state index in [1.165, 1.54) is 39.5 Å². The largest absolute Gasteiger partial charge is 0.322 e. The third-order valence-corrected chi connectivity index (χ3v) is 9.15. The standard InChI is InChI=1S/C24H23ClFN3O5S/c25-16-1-3-17(4-2-16)35(33,34)28-9-7-14(8-10-28)18-11-15-13-29(24(32)19(15)12-20(18)26)21-5-6-22(30)27-23(21)31/h1-4,11-12,14,21H,5-10,13H2,(H,27,30,31). The Hall–Kier alpha value is -2.82. The van der Waals surface area contributed by atoms with Gasteiger partial charge in [-0.3, -0.25) is 19.7 Å². The molecule has 2 saturated heterocycles. The van der Waals surface area contributed by atoms with Crippen LogP contribution in [-0.4, -0.2) is 54.5 Å². The molecule has 3 amide bonds. The lowest BCUT2D eigenvalue weighted by atomic mass is 9.88. The number of imide groups is 1. The van der Waals surface area contributed by atoms with Gasteiger partial charge in [-0.25, -0.2) is 12.8 Å². The molecule has 0 aliphatic carbocycles. The number of amides is 3. The van der Waals surface area contributed by atoms with Crippen molar-refractivity contribution >= 4 is 39.3 Å². The van der Waals surface area contributed by atoms with Gasteiger partial charge in [0.2, 0.25) is 21.8 Å². The predicted molar refractivity (Wildman–Crippen MR) is 125 cm³/mol. The lowest BCUT2D eigenvalue weighted by Gasteiger charge is -2.31. The minimum absolute atomic E-state index is 0.146. The van der Waals surface area contributed by atoms with E-state index in [1.54, 1.807) is 6.07 Å². The highest BCUT2D eigenvalue weighted by Crippen LogP contribution is 2.36. The zero-order valence-corrected chi connectivity index (χ0v) is 20.2. The lowest BCUT2D eigenvalue weighted by Crippen LogP contribution is -2.52. The Morgan fingerprint density at radius 2 is 1.69 bits per heavy atom. The number of hydrogen-bond donors (Lipinski definition) is 1. The van der Waals surface area contributed by atoms with Crippen molar-refractivity contribution in [1.82, 2.24) is 14.5 Å². The summed E-state index contributed by atoms with van der Waals surface area (Å²) < 4.78 is 42.4. The first-order chi connectivity index (χ1) is 16.6. The molecule has 3 heterocycles. The molecule has 1 unspecified atom stereocenters. The normalized spacial score (nSPS) is 21.8. The van der Waals surface area contributed by atoms with Gasteiger partial charge in [0, 0.05) is 36.6 Å². The van der Waals surface area contributed by atoms with Gasteiger partial charge in [-0.2, -0.15) is 4.31 Å². The van der Waals surface area contributed by atoms with Crippen LogP contribution < -0.4 is 5.32 Å². The number of carbonyl (C=O) groups is 3. The monoisotopic (exact) mass is 519 g/mol. The summed E-state index contributed by atoms with van der Waals surface area (Å²) in [5.74, 6) is -2.02. The SMILES string of the molecule is O=C1CCC(N2Cc3cc(C4CCN(S(=O)(=O)c5ccc(Cl)cc5)CC4)c(F)cc3C2=O)C(=O)N1. The molecule has 0 spiro atoms. The molecule has 0 aromatic heterocycles. The second-order valence-electron chi connectivity index (χ2n) is 9.06. The Morgan fingerprint density at radius 1 is 1.00 bits per heavy atom. The third-order valence-electron chi connectivity index (χ3n) is 6.99. The van der Waals surface area contributed by atoms with Crippen LogP contribution in [0.5, 0.6) is 0 Å². The van der Waals surface area contributed by atoms with Gasteiger partial charge >= 0.3 is 0 Å². The highest BCUT2D eigenvalue weighted by molar-refractivity contribution is 7.89. The first kappa shape index (κ1) is 23.9. The van der Waals surface area contributed by atoms with Crippen LogP contribution in [0.15, 0.2) is 41.3 Å². The molecule has 0 bridgehead atoms. The Bertz CT molecular complexity index is 1320. The van der Waals surface area contributed by atoms with Crippen molar-refractivity contribution in [3.05, 3.63) is 63.9 Å². The zero-order chi connectivity index (χ0) is 24.9. The molecule has 35 heavy (non-hydrogen) atoms. The molecule has 2 aromatic rings. The fourth-order valence-corrected chi connectivity index (χ4v) is 6.68. The van der Waals surface area contributed by atoms with Gasteiger partial charge in [-0.15, -0.1) is 0 Å². The summed E-state index contributed by atoms with van der Waals surface area (Å²) >= 11 is 5.86. The minimum Gasteiger partial charge on any atom is -0.322 e. The van der Waals surface area contributed by atoms with Crippen LogP contribution in [0.2, 0.25) is 5.02 Å². The van der Waals surface area contributed by atoms with Gasteiger partial charge < -0.3 is 4.90 Å². The van der Waals surface area contributed by atoms with Crippen molar-refractivity contribution in [1.29, 1.82) is 0 Å². The highest BCUT2D eigenvalue weighted by Gasteiger charge is 2.40. The zero-order valence-electron chi connectivity index (χ0n) is 18.7. The van der Waals surface area contributed by atoms with Crippen molar-refractivity contribution < 1.29 is 27.2 Å². The van der Waals surface area contributed by atoms with E-state index in [1.807, 2.05) is 0 Å². The number of nitrogens with zero attached hydrogens (tertiary/aromatic N) is 2. The van der Waals surface area contributed by atoms with Crippen molar-refractivity contribution in [2.75, 3.05) is 13.1 Å². The van der Waals surface area contributed by atoms with E-state index in [0.29, 0.717) is 29.0 Å². The van der Waals surface area contributed by atoms with Crippen LogP contribution in [0.3, 0.4) is 0 Å². The van der Waals surface area contributed by atoms with E-state index >= 15 is 4.39 Å². The predicted octanol–water partition coefficient (Wildman–Crippen LogP) is 2.81. The number of hydrogen-bond acceptors (Lipinski definition) is 5. The number of carbonyl (C=O) groups excluding carboxylic acids is 3. The topological polar surface area (TPSA) is 104 Å². The average molecular weight is 520 g/mol. The number of nitrogens with one attached hydrogen (secondary N) is 1. The van der Waals surface area contributed by atoms with Crippen molar-refractivity contribution in [3.8, 4) is 0 Å². The fraction of sp³-hybridized carbons (Fsp3) is 0.375. The van der Waals surface area contributed by atoms with Crippen LogP contribution >= 0.6 is 11.6 Å². The molecule has 0 radical (unpaired) electrons. The van der Waals surface area contributed by atoms with Crippen molar-refractivity contribution in [2.45, 2.75) is 49.1 Å². The van der Waals surface area contributed by atoms with Crippen LogP contribution in [-0.2, 0) is 26.2 Å². The van der Waals surface area contributed by atoms with Gasteiger partial charge in [-0.05, 0) is 66.6 Å². The maximum absolute atomic E-state index is 15.1. The summed E-state index contributed by atoms with van der Waals surface area (Å²) in [5, 5.41) is 2.70. The van der Waals surface area contributed by atoms with Crippen molar-refractivity contribution in [3.63, 3.8) is 0 Å². The first-order valence-corrected chi connectivity index (χ1v) is 13.2. The van der Waals surface area contributed by atoms with Gasteiger partial charge in [0.25, 0.3) is 5.91 Å². The molecule has 5 rings (SSSR count). The maximum atomic E-state index is 15.1. The Labute approximate surface area is 207 Å². The van der Waals surface area contributed by atoms with Crippen molar-refractivity contribution in [2.24, 2.45) is 0 Å². The summed E-state index contributed by atoms with van der Waals surface area (Å²) in [6.45, 7) is 0.651. The molecular weight excluding hydrogens is 497 g/mol. The van der Waals surface area contributed by atoms with E-state index in [0.717, 1.165) is 0 Å². The van der Waals surface area contributed by atoms with Gasteiger partial charge in [0.1, 0.15) is 11.9 Å². The third kappa shape index (κ3) is 4.34. The second-order valence-corrected chi connectivity index (χ2v) is 11.4. The number of halogens is 2. The molecule has 8 nitrogen and oxygen atoms in total. The number of benzene rings is 2. The van der Waals surface area contributed by atoms with Gasteiger partial charge in [0.15, 0.2) is 0 Å². The molecule has 1 atom stereocenters. The van der Waals surface area contributed by atoms with E-state index in [9.17, 15) is 22.8 Å². The summed E-state index contributed by atoms with van der Waals surface area (Å²) in [6.07, 6.45) is 1.26. The molecule has 2 fully saturated rings. The summed E-state index contributed by atoms with van der Waals surface area (Å²) in [5.41, 5.74) is 1.30. The van der Waals surface area contributed by atoms with Crippen LogP contribution in [0, 0.1) is 5.82 Å². The lowest BCUT2D eigenvalue weighted by molar-refractivity contribution is -0.136. The number of fused-ring (bicyclic) bond motifs is 1. The quantitative estimate of drug-likeness (QED) is 0.626. The van der Waals surface area contributed by atoms with Crippen LogP contribution in [0.25, 0.3) is 0 Å². The second kappa shape index (κ2) is 9.00.